The molecule has 1 heterocycles. The minimum Gasteiger partial charge on any atom is -0.467 e. The van der Waals surface area contributed by atoms with E-state index in [1.165, 1.54) is 25.3 Å². The lowest BCUT2D eigenvalue weighted by atomic mass is 10.3. The van der Waals surface area contributed by atoms with Gasteiger partial charge in [0.25, 0.3) is 0 Å². The molecule has 2 rings (SSSR count). The molecule has 1 atom stereocenters. The predicted molar refractivity (Wildman–Crippen MR) is 77.0 cm³/mol. The molecular formula is C12H13Cl2NO5S. The number of halogens is 2. The Morgan fingerprint density at radius 3 is 2.81 bits per heavy atom. The van der Waals surface area contributed by atoms with Gasteiger partial charge in [-0.05, 0) is 18.2 Å². The molecular weight excluding hydrogens is 341 g/mol. The van der Waals surface area contributed by atoms with Gasteiger partial charge in [0.05, 0.1) is 25.3 Å². The number of carbonyl (C=O) groups excluding carboxylic acids is 1. The minimum atomic E-state index is -3.86. The fourth-order valence-electron chi connectivity index (χ4n) is 1.93. The number of carbonyl (C=O) groups is 1. The van der Waals surface area contributed by atoms with Crippen molar-refractivity contribution >= 4 is 39.2 Å². The SMILES string of the molecule is COC(=O)C1CN(S(=O)(=O)c2cc(Cl)ccc2Cl)CCO1. The Labute approximate surface area is 132 Å². The maximum Gasteiger partial charge on any atom is 0.336 e. The highest BCUT2D eigenvalue weighted by atomic mass is 35.5. The molecule has 9 heteroatoms. The molecule has 21 heavy (non-hydrogen) atoms. The fourth-order valence-corrected chi connectivity index (χ4v) is 4.09. The number of nitrogens with zero attached hydrogens (tertiary/aromatic N) is 1. The van der Waals surface area contributed by atoms with Gasteiger partial charge >= 0.3 is 5.97 Å². The third kappa shape index (κ3) is 3.49. The number of rotatable bonds is 3. The van der Waals surface area contributed by atoms with Crippen LogP contribution < -0.4 is 0 Å². The Balaban J connectivity index is 2.31. The number of hydrogen-bond donors (Lipinski definition) is 0. The molecule has 0 radical (unpaired) electrons. The maximum atomic E-state index is 12.6. The van der Waals surface area contributed by atoms with Crippen molar-refractivity contribution in [3.8, 4) is 0 Å². The van der Waals surface area contributed by atoms with E-state index in [1.807, 2.05) is 0 Å². The lowest BCUT2D eigenvalue weighted by Gasteiger charge is -2.30. The van der Waals surface area contributed by atoms with Crippen molar-refractivity contribution in [3.05, 3.63) is 28.2 Å². The first kappa shape index (κ1) is 16.5. The van der Waals surface area contributed by atoms with Gasteiger partial charge in [0, 0.05) is 11.6 Å². The lowest BCUT2D eigenvalue weighted by Crippen LogP contribution is -2.48. The van der Waals surface area contributed by atoms with Gasteiger partial charge in [0.15, 0.2) is 6.10 Å². The number of sulfonamides is 1. The number of methoxy groups -OCH3 is 1. The summed E-state index contributed by atoms with van der Waals surface area (Å²) in [6.07, 6.45) is -0.948. The summed E-state index contributed by atoms with van der Waals surface area (Å²) in [4.78, 5) is 11.4. The van der Waals surface area contributed by atoms with Crippen LogP contribution >= 0.6 is 23.2 Å². The van der Waals surface area contributed by atoms with Gasteiger partial charge in [0.1, 0.15) is 4.90 Å². The van der Waals surface area contributed by atoms with E-state index in [-0.39, 0.29) is 34.6 Å². The highest BCUT2D eigenvalue weighted by Crippen LogP contribution is 2.28. The number of benzene rings is 1. The Hall–Kier alpha value is -0.860. The van der Waals surface area contributed by atoms with Crippen LogP contribution in [0.5, 0.6) is 0 Å². The van der Waals surface area contributed by atoms with Crippen LogP contribution in [-0.2, 0) is 24.3 Å². The van der Waals surface area contributed by atoms with Crippen LogP contribution in [0.15, 0.2) is 23.1 Å². The summed E-state index contributed by atoms with van der Waals surface area (Å²) in [6.45, 7) is 0.0910. The molecule has 0 spiro atoms. The van der Waals surface area contributed by atoms with E-state index in [0.717, 1.165) is 4.31 Å². The molecule has 1 aliphatic rings. The minimum absolute atomic E-state index is 0.0699. The standard InChI is InChI=1S/C12H13Cl2NO5S/c1-19-12(16)10-7-15(4-5-20-10)21(17,18)11-6-8(13)2-3-9(11)14/h2-3,6,10H,4-5,7H2,1H3. The van der Waals surface area contributed by atoms with Crippen LogP contribution in [0.3, 0.4) is 0 Å². The van der Waals surface area contributed by atoms with Crippen LogP contribution in [0.25, 0.3) is 0 Å². The van der Waals surface area contributed by atoms with Crippen molar-refractivity contribution < 1.29 is 22.7 Å². The van der Waals surface area contributed by atoms with E-state index in [9.17, 15) is 13.2 Å². The number of hydrogen-bond acceptors (Lipinski definition) is 5. The van der Waals surface area contributed by atoms with E-state index in [2.05, 4.69) is 4.74 Å². The van der Waals surface area contributed by atoms with Crippen molar-refractivity contribution in [2.45, 2.75) is 11.0 Å². The molecule has 6 nitrogen and oxygen atoms in total. The first-order chi connectivity index (χ1) is 9.86. The molecule has 0 bridgehead atoms. The van der Waals surface area contributed by atoms with Gasteiger partial charge in [-0.2, -0.15) is 4.31 Å². The summed E-state index contributed by atoms with van der Waals surface area (Å²) in [5, 5.41) is 0.330. The average molecular weight is 354 g/mol. The zero-order valence-corrected chi connectivity index (χ0v) is 13.4. The molecule has 1 unspecified atom stereocenters. The molecule has 116 valence electrons. The van der Waals surface area contributed by atoms with Gasteiger partial charge in [0.2, 0.25) is 10.0 Å². The van der Waals surface area contributed by atoms with E-state index in [1.54, 1.807) is 0 Å². The topological polar surface area (TPSA) is 72.9 Å². The molecule has 1 saturated heterocycles. The molecule has 1 aromatic carbocycles. The average Bonchev–Trinajstić information content (AvgIpc) is 2.49. The summed E-state index contributed by atoms with van der Waals surface area (Å²) in [5.41, 5.74) is 0. The third-order valence-corrected chi connectivity index (χ3v) is 5.59. The molecule has 0 aromatic heterocycles. The Morgan fingerprint density at radius 1 is 1.43 bits per heavy atom. The monoisotopic (exact) mass is 353 g/mol. The summed E-state index contributed by atoms with van der Waals surface area (Å²) >= 11 is 11.8. The van der Waals surface area contributed by atoms with Crippen LogP contribution in [0.1, 0.15) is 0 Å². The van der Waals surface area contributed by atoms with Gasteiger partial charge in [-0.1, -0.05) is 23.2 Å². The lowest BCUT2D eigenvalue weighted by molar-refractivity contribution is -0.157. The third-order valence-electron chi connectivity index (χ3n) is 3.00. The molecule has 0 amide bonds. The summed E-state index contributed by atoms with van der Waals surface area (Å²) in [5.74, 6) is -0.618. The molecule has 1 aliphatic heterocycles. The van der Waals surface area contributed by atoms with Gasteiger partial charge < -0.3 is 9.47 Å². The van der Waals surface area contributed by atoms with Crippen LogP contribution in [0.4, 0.5) is 0 Å². The smallest absolute Gasteiger partial charge is 0.336 e. The van der Waals surface area contributed by atoms with Crippen LogP contribution in [0.2, 0.25) is 10.0 Å². The first-order valence-corrected chi connectivity index (χ1v) is 8.20. The van der Waals surface area contributed by atoms with E-state index >= 15 is 0 Å². The van der Waals surface area contributed by atoms with Gasteiger partial charge in [-0.25, -0.2) is 13.2 Å². The van der Waals surface area contributed by atoms with E-state index in [0.29, 0.717) is 0 Å². The Morgan fingerprint density at radius 2 is 2.14 bits per heavy atom. The maximum absolute atomic E-state index is 12.6. The van der Waals surface area contributed by atoms with Gasteiger partial charge in [-0.15, -0.1) is 0 Å². The fraction of sp³-hybridized carbons (Fsp3) is 0.417. The Kier molecular flexibility index (Phi) is 5.11. The molecule has 1 fully saturated rings. The number of morpholine rings is 1. The molecule has 0 N–H and O–H groups in total. The zero-order chi connectivity index (χ0) is 15.6. The number of ether oxygens (including phenoxy) is 2. The largest absolute Gasteiger partial charge is 0.467 e. The zero-order valence-electron chi connectivity index (χ0n) is 11.1. The van der Waals surface area contributed by atoms with Crippen molar-refractivity contribution in [3.63, 3.8) is 0 Å². The quantitative estimate of drug-likeness (QED) is 0.771. The molecule has 0 saturated carbocycles. The molecule has 1 aromatic rings. The van der Waals surface area contributed by atoms with Gasteiger partial charge in [-0.3, -0.25) is 0 Å². The second kappa shape index (κ2) is 6.50. The molecule has 0 aliphatic carbocycles. The first-order valence-electron chi connectivity index (χ1n) is 6.01. The number of esters is 1. The van der Waals surface area contributed by atoms with Crippen molar-refractivity contribution in [1.29, 1.82) is 0 Å². The van der Waals surface area contributed by atoms with Crippen molar-refractivity contribution in [2.24, 2.45) is 0 Å². The summed E-state index contributed by atoms with van der Waals surface area (Å²) in [6, 6.07) is 4.19. The summed E-state index contributed by atoms with van der Waals surface area (Å²) in [7, 11) is -2.65. The van der Waals surface area contributed by atoms with Crippen LogP contribution in [-0.4, -0.2) is 51.6 Å². The second-order valence-electron chi connectivity index (χ2n) is 4.32. The normalized spacial score (nSPS) is 20.2. The second-order valence-corrected chi connectivity index (χ2v) is 7.07. The Bertz CT molecular complexity index is 649. The summed E-state index contributed by atoms with van der Waals surface area (Å²) < 4.78 is 36.1. The van der Waals surface area contributed by atoms with Crippen LogP contribution in [0, 0.1) is 0 Å². The highest BCUT2D eigenvalue weighted by molar-refractivity contribution is 7.89. The van der Waals surface area contributed by atoms with Crippen molar-refractivity contribution in [2.75, 3.05) is 26.8 Å². The van der Waals surface area contributed by atoms with E-state index < -0.39 is 22.1 Å². The predicted octanol–water partition coefficient (Wildman–Crippen LogP) is 1.56. The van der Waals surface area contributed by atoms with Crippen molar-refractivity contribution in [1.82, 2.24) is 4.31 Å². The highest BCUT2D eigenvalue weighted by Gasteiger charge is 2.35. The van der Waals surface area contributed by atoms with E-state index in [4.69, 9.17) is 27.9 Å².